The summed E-state index contributed by atoms with van der Waals surface area (Å²) < 4.78 is 11.7. The molecule has 1 aromatic rings. The number of rotatable bonds is 4. The van der Waals surface area contributed by atoms with Crippen LogP contribution >= 0.6 is 0 Å². The van der Waals surface area contributed by atoms with Crippen molar-refractivity contribution in [2.45, 2.75) is 86.6 Å². The predicted octanol–water partition coefficient (Wildman–Crippen LogP) is 5.18. The van der Waals surface area contributed by atoms with Crippen LogP contribution in [0.5, 0.6) is 11.5 Å². The highest BCUT2D eigenvalue weighted by atomic mass is 16.6. The maximum absolute atomic E-state index is 12.8. The third-order valence-corrected chi connectivity index (χ3v) is 6.38. The monoisotopic (exact) mass is 429 g/mol. The summed E-state index contributed by atoms with van der Waals surface area (Å²) in [5.41, 5.74) is 0.956. The lowest BCUT2D eigenvalue weighted by atomic mass is 9.75. The van der Waals surface area contributed by atoms with Gasteiger partial charge in [-0.3, -0.25) is 14.5 Å². The molecule has 1 saturated heterocycles. The summed E-state index contributed by atoms with van der Waals surface area (Å²) >= 11 is 0. The highest BCUT2D eigenvalue weighted by Gasteiger charge is 2.38. The molecule has 1 fully saturated rings. The van der Waals surface area contributed by atoms with E-state index >= 15 is 0 Å². The summed E-state index contributed by atoms with van der Waals surface area (Å²) in [5, 5.41) is 0. The van der Waals surface area contributed by atoms with Crippen molar-refractivity contribution in [3.63, 3.8) is 0 Å². The van der Waals surface area contributed by atoms with Crippen molar-refractivity contribution >= 4 is 11.9 Å². The third-order valence-electron chi connectivity index (χ3n) is 6.38. The average molecular weight is 430 g/mol. The Kier molecular flexibility index (Phi) is 6.85. The van der Waals surface area contributed by atoms with Crippen molar-refractivity contribution in [1.82, 2.24) is 4.90 Å². The molecule has 172 valence electrons. The Bertz CT molecular complexity index is 829. The average Bonchev–Trinajstić information content (AvgIpc) is 2.67. The van der Waals surface area contributed by atoms with Gasteiger partial charge >= 0.3 is 11.9 Å². The summed E-state index contributed by atoms with van der Waals surface area (Å²) in [4.78, 5) is 28.0. The number of nitrogens with zero attached hydrogens (tertiary/aromatic N) is 1. The number of likely N-dealkylation sites (tertiary alicyclic amines) is 1. The number of hydrogen-bond acceptors (Lipinski definition) is 5. The maximum Gasteiger partial charge on any atom is 0.316 e. The molecule has 0 radical (unpaired) electrons. The molecule has 3 rings (SSSR count). The van der Waals surface area contributed by atoms with E-state index < -0.39 is 10.8 Å². The molecule has 5 heteroatoms. The molecule has 1 aliphatic heterocycles. The molecular formula is C26H39NO4. The van der Waals surface area contributed by atoms with Crippen LogP contribution < -0.4 is 9.47 Å². The quantitative estimate of drug-likeness (QED) is 0.488. The van der Waals surface area contributed by atoms with Crippen LogP contribution in [0.4, 0.5) is 0 Å². The molecule has 1 aliphatic carbocycles. The van der Waals surface area contributed by atoms with Crippen LogP contribution in [0, 0.1) is 16.7 Å². The smallest absolute Gasteiger partial charge is 0.316 e. The van der Waals surface area contributed by atoms with Crippen LogP contribution in [-0.2, 0) is 22.4 Å². The van der Waals surface area contributed by atoms with E-state index in [2.05, 4.69) is 17.9 Å². The van der Waals surface area contributed by atoms with E-state index in [0.717, 1.165) is 37.9 Å². The Morgan fingerprint density at radius 1 is 1.00 bits per heavy atom. The van der Waals surface area contributed by atoms with E-state index in [1.165, 1.54) is 18.4 Å². The van der Waals surface area contributed by atoms with Gasteiger partial charge in [0, 0.05) is 11.6 Å². The zero-order valence-electron chi connectivity index (χ0n) is 20.3. The molecule has 1 aromatic carbocycles. The molecule has 31 heavy (non-hydrogen) atoms. The van der Waals surface area contributed by atoms with Gasteiger partial charge in [0.2, 0.25) is 0 Å². The number of piperidine rings is 1. The Morgan fingerprint density at radius 3 is 2.26 bits per heavy atom. The van der Waals surface area contributed by atoms with Crippen molar-refractivity contribution in [1.29, 1.82) is 0 Å². The molecule has 0 amide bonds. The number of carbonyl (C=O) groups excluding carboxylic acids is 2. The maximum atomic E-state index is 12.8. The number of carbonyl (C=O) groups is 2. The summed E-state index contributed by atoms with van der Waals surface area (Å²) in [6.45, 7) is 15.5. The van der Waals surface area contributed by atoms with Gasteiger partial charge in [-0.2, -0.15) is 0 Å². The van der Waals surface area contributed by atoms with Gasteiger partial charge in [0.25, 0.3) is 0 Å². The molecule has 0 bridgehead atoms. The fraction of sp³-hybridized carbons (Fsp3) is 0.692. The molecular weight excluding hydrogens is 390 g/mol. The fourth-order valence-corrected chi connectivity index (χ4v) is 4.55. The van der Waals surface area contributed by atoms with Gasteiger partial charge in [0.1, 0.15) is 0 Å². The second-order valence-corrected chi connectivity index (χ2v) is 11.2. The van der Waals surface area contributed by atoms with Gasteiger partial charge in [-0.25, -0.2) is 0 Å². The highest BCUT2D eigenvalue weighted by molar-refractivity contribution is 5.82. The number of esters is 2. The molecule has 0 spiro atoms. The lowest BCUT2D eigenvalue weighted by Gasteiger charge is -2.45. The third kappa shape index (κ3) is 5.31. The van der Waals surface area contributed by atoms with Crippen molar-refractivity contribution < 1.29 is 19.1 Å². The summed E-state index contributed by atoms with van der Waals surface area (Å²) in [7, 11) is 0. The van der Waals surface area contributed by atoms with Crippen molar-refractivity contribution in [2.75, 3.05) is 13.1 Å². The lowest BCUT2D eigenvalue weighted by molar-refractivity contribution is -0.145. The van der Waals surface area contributed by atoms with Gasteiger partial charge in [-0.1, -0.05) is 13.0 Å². The van der Waals surface area contributed by atoms with Gasteiger partial charge in [0.05, 0.1) is 10.8 Å². The molecule has 0 aromatic heterocycles. The van der Waals surface area contributed by atoms with E-state index in [1.807, 2.05) is 41.5 Å². The number of hydrogen-bond donors (Lipinski definition) is 0. The molecule has 0 N–H and O–H groups in total. The number of fused-ring (bicyclic) bond motifs is 2. The molecule has 5 nitrogen and oxygen atoms in total. The van der Waals surface area contributed by atoms with Gasteiger partial charge in [0.15, 0.2) is 11.5 Å². The van der Waals surface area contributed by atoms with E-state index in [-0.39, 0.29) is 11.9 Å². The SMILES string of the molecule is CCCN1CCC[C@@H]2Cc3c(ccc(OC(=O)C(C)(C)C)c3OC(=O)C(C)(C)C)C[C@H]21. The first-order valence-corrected chi connectivity index (χ1v) is 11.7. The molecule has 1 heterocycles. The van der Waals surface area contributed by atoms with Crippen LogP contribution in [0.2, 0.25) is 0 Å². The van der Waals surface area contributed by atoms with Crippen LogP contribution in [0.3, 0.4) is 0 Å². The topological polar surface area (TPSA) is 55.8 Å². The summed E-state index contributed by atoms with van der Waals surface area (Å²) in [5.74, 6) is 0.693. The number of ether oxygens (including phenoxy) is 2. The second-order valence-electron chi connectivity index (χ2n) is 11.2. The zero-order valence-corrected chi connectivity index (χ0v) is 20.3. The van der Waals surface area contributed by atoms with Crippen molar-refractivity contribution in [3.05, 3.63) is 23.3 Å². The van der Waals surface area contributed by atoms with Crippen molar-refractivity contribution in [2.24, 2.45) is 16.7 Å². The molecule has 0 unspecified atom stereocenters. The largest absolute Gasteiger partial charge is 0.422 e. The Morgan fingerprint density at radius 2 is 1.65 bits per heavy atom. The van der Waals surface area contributed by atoms with Crippen LogP contribution in [-0.4, -0.2) is 36.0 Å². The highest BCUT2D eigenvalue weighted by Crippen LogP contribution is 2.44. The van der Waals surface area contributed by atoms with E-state index in [0.29, 0.717) is 23.5 Å². The minimum Gasteiger partial charge on any atom is -0.422 e. The van der Waals surface area contributed by atoms with Crippen LogP contribution in [0.1, 0.15) is 78.9 Å². The fourth-order valence-electron chi connectivity index (χ4n) is 4.55. The van der Waals surface area contributed by atoms with Gasteiger partial charge < -0.3 is 9.47 Å². The minimum absolute atomic E-state index is 0.313. The summed E-state index contributed by atoms with van der Waals surface area (Å²) in [6.07, 6.45) is 5.35. The zero-order chi connectivity index (χ0) is 23.0. The molecule has 0 saturated carbocycles. The van der Waals surface area contributed by atoms with E-state index in [1.54, 1.807) is 6.07 Å². The minimum atomic E-state index is -0.645. The predicted molar refractivity (Wildman–Crippen MR) is 122 cm³/mol. The van der Waals surface area contributed by atoms with Gasteiger partial charge in [-0.05, 0) is 104 Å². The lowest BCUT2D eigenvalue weighted by Crippen LogP contribution is -2.49. The standard InChI is InChI=1S/C26H39NO4/c1-8-13-27-14-9-10-18-15-19-17(16-20(18)27)11-12-21(30-23(28)25(2,3)4)22(19)31-24(29)26(5,6)7/h11-12,18,20H,8-10,13-16H2,1-7H3/t18-,20-/m1/s1. The van der Waals surface area contributed by atoms with E-state index in [9.17, 15) is 9.59 Å². The van der Waals surface area contributed by atoms with Crippen LogP contribution in [0.25, 0.3) is 0 Å². The van der Waals surface area contributed by atoms with Crippen LogP contribution in [0.15, 0.2) is 12.1 Å². The second kappa shape index (κ2) is 8.93. The number of benzene rings is 1. The first-order chi connectivity index (χ1) is 14.4. The normalized spacial score (nSPS) is 21.8. The molecule has 2 aliphatic rings. The Balaban J connectivity index is 2.00. The Hall–Kier alpha value is -1.88. The Labute approximate surface area is 187 Å². The first kappa shape index (κ1) is 23.8. The van der Waals surface area contributed by atoms with Gasteiger partial charge in [-0.15, -0.1) is 0 Å². The van der Waals surface area contributed by atoms with Crippen molar-refractivity contribution in [3.8, 4) is 11.5 Å². The first-order valence-electron chi connectivity index (χ1n) is 11.7. The van der Waals surface area contributed by atoms with E-state index in [4.69, 9.17) is 9.47 Å². The molecule has 2 atom stereocenters. The summed E-state index contributed by atoms with van der Waals surface area (Å²) in [6, 6.07) is 4.40.